The van der Waals surface area contributed by atoms with E-state index in [1.54, 1.807) is 11.8 Å². The fourth-order valence-corrected chi connectivity index (χ4v) is 5.34. The maximum Gasteiger partial charge on any atom is 0.196 e. The zero-order valence-electron chi connectivity index (χ0n) is 19.3. The smallest absolute Gasteiger partial charge is 0.196 e. The highest BCUT2D eigenvalue weighted by Gasteiger charge is 2.23. The van der Waals surface area contributed by atoms with Gasteiger partial charge in [0.05, 0.1) is 5.69 Å². The predicted molar refractivity (Wildman–Crippen MR) is 145 cm³/mol. The van der Waals surface area contributed by atoms with E-state index >= 15 is 0 Å². The highest BCUT2D eigenvalue weighted by atomic mass is 32.2. The molecule has 2 aromatic heterocycles. The van der Waals surface area contributed by atoms with Crippen molar-refractivity contribution in [1.82, 2.24) is 19.7 Å². The molecule has 6 aromatic rings. The van der Waals surface area contributed by atoms with Gasteiger partial charge >= 0.3 is 0 Å². The van der Waals surface area contributed by atoms with Crippen molar-refractivity contribution in [3.8, 4) is 28.3 Å². The van der Waals surface area contributed by atoms with Crippen molar-refractivity contribution in [1.29, 1.82) is 0 Å². The van der Waals surface area contributed by atoms with Gasteiger partial charge in [-0.3, -0.25) is 4.57 Å². The first-order valence-electron chi connectivity index (χ1n) is 11.6. The van der Waals surface area contributed by atoms with Crippen LogP contribution in [0.3, 0.4) is 0 Å². The number of thioether (sulfide) groups is 1. The number of H-pyrrole nitrogens is 1. The molecular formula is C30H24N4S. The number of para-hydroxylation sites is 1. The first kappa shape index (κ1) is 21.4. The summed E-state index contributed by atoms with van der Waals surface area (Å²) in [6.45, 7) is 2.13. The van der Waals surface area contributed by atoms with Crippen molar-refractivity contribution in [3.63, 3.8) is 0 Å². The molecule has 0 unspecified atom stereocenters. The number of rotatable bonds is 6. The highest BCUT2D eigenvalue weighted by molar-refractivity contribution is 7.98. The first-order valence-corrected chi connectivity index (χ1v) is 12.6. The Hall–Kier alpha value is -4.09. The molecule has 0 radical (unpaired) electrons. The Morgan fingerprint density at radius 1 is 0.771 bits per heavy atom. The number of aromatic nitrogens is 4. The lowest BCUT2D eigenvalue weighted by atomic mass is 10.0. The second-order valence-corrected chi connectivity index (χ2v) is 9.48. The van der Waals surface area contributed by atoms with Crippen LogP contribution in [0.1, 0.15) is 11.1 Å². The summed E-state index contributed by atoms with van der Waals surface area (Å²) in [6, 6.07) is 37.9. The third kappa shape index (κ3) is 4.15. The second-order valence-electron chi connectivity index (χ2n) is 8.54. The molecule has 2 heterocycles. The molecule has 35 heavy (non-hydrogen) atoms. The van der Waals surface area contributed by atoms with Crippen LogP contribution in [-0.4, -0.2) is 19.7 Å². The van der Waals surface area contributed by atoms with Gasteiger partial charge in [-0.15, -0.1) is 10.2 Å². The number of nitrogens with one attached hydrogen (secondary N) is 1. The minimum absolute atomic E-state index is 0.805. The van der Waals surface area contributed by atoms with E-state index in [4.69, 9.17) is 5.10 Å². The Balaban J connectivity index is 1.55. The lowest BCUT2D eigenvalue weighted by Gasteiger charge is -2.11. The van der Waals surface area contributed by atoms with E-state index in [-0.39, 0.29) is 0 Å². The summed E-state index contributed by atoms with van der Waals surface area (Å²) in [4.78, 5) is 3.67. The summed E-state index contributed by atoms with van der Waals surface area (Å²) in [6.07, 6.45) is 0. The van der Waals surface area contributed by atoms with E-state index < -0.39 is 0 Å². The summed E-state index contributed by atoms with van der Waals surface area (Å²) in [5.41, 5.74) is 7.88. The van der Waals surface area contributed by atoms with Crippen LogP contribution in [0, 0.1) is 6.92 Å². The molecule has 0 amide bonds. The maximum absolute atomic E-state index is 4.74. The lowest BCUT2D eigenvalue weighted by Crippen LogP contribution is -2.00. The predicted octanol–water partition coefficient (Wildman–Crippen LogP) is 7.68. The fourth-order valence-electron chi connectivity index (χ4n) is 4.44. The first-order chi connectivity index (χ1) is 17.3. The number of hydrogen-bond donors (Lipinski definition) is 1. The molecule has 6 rings (SSSR count). The molecule has 0 saturated heterocycles. The highest BCUT2D eigenvalue weighted by Crippen LogP contribution is 2.40. The standard InChI is InChI=1S/C30H24N4S/c1-21-17-18-26-25(19-21)27(23-13-7-3-8-14-23)28(31-26)29-32-33-30(34(29)24-15-9-4-10-16-24)35-20-22-11-5-2-6-12-22/h2-19,31H,20H2,1H3. The van der Waals surface area contributed by atoms with Crippen molar-refractivity contribution in [2.24, 2.45) is 0 Å². The molecule has 0 saturated carbocycles. The zero-order chi connectivity index (χ0) is 23.6. The topological polar surface area (TPSA) is 46.5 Å². The van der Waals surface area contributed by atoms with Gasteiger partial charge in [-0.2, -0.15) is 0 Å². The monoisotopic (exact) mass is 472 g/mol. The minimum Gasteiger partial charge on any atom is -0.351 e. The van der Waals surface area contributed by atoms with Gasteiger partial charge in [0.25, 0.3) is 0 Å². The van der Waals surface area contributed by atoms with E-state index in [9.17, 15) is 0 Å². The van der Waals surface area contributed by atoms with Crippen molar-refractivity contribution < 1.29 is 0 Å². The zero-order valence-corrected chi connectivity index (χ0v) is 20.2. The van der Waals surface area contributed by atoms with Crippen molar-refractivity contribution in [2.45, 2.75) is 17.8 Å². The summed E-state index contributed by atoms with van der Waals surface area (Å²) in [7, 11) is 0. The number of hydrogen-bond acceptors (Lipinski definition) is 3. The SMILES string of the molecule is Cc1ccc2[nH]c(-c3nnc(SCc4ccccc4)n3-c3ccccc3)c(-c3ccccc3)c2c1. The van der Waals surface area contributed by atoms with E-state index in [0.29, 0.717) is 0 Å². The van der Waals surface area contributed by atoms with Gasteiger partial charge in [0.1, 0.15) is 0 Å². The van der Waals surface area contributed by atoms with E-state index in [0.717, 1.165) is 44.8 Å². The molecule has 4 nitrogen and oxygen atoms in total. The van der Waals surface area contributed by atoms with Crippen molar-refractivity contribution in [2.75, 3.05) is 0 Å². The average molecular weight is 473 g/mol. The van der Waals surface area contributed by atoms with Gasteiger partial charge in [0, 0.05) is 27.9 Å². The molecule has 1 N–H and O–H groups in total. The van der Waals surface area contributed by atoms with E-state index in [1.165, 1.54) is 16.5 Å². The Labute approximate surface area is 208 Å². The normalized spacial score (nSPS) is 11.2. The van der Waals surface area contributed by atoms with Crippen LogP contribution in [0.4, 0.5) is 0 Å². The van der Waals surface area contributed by atoms with Crippen LogP contribution in [0.15, 0.2) is 114 Å². The molecule has 4 aromatic carbocycles. The van der Waals surface area contributed by atoms with Gasteiger partial charge in [0.15, 0.2) is 11.0 Å². The van der Waals surface area contributed by atoms with Gasteiger partial charge in [-0.1, -0.05) is 102 Å². The molecule has 0 aliphatic heterocycles. The minimum atomic E-state index is 0.805. The lowest BCUT2D eigenvalue weighted by molar-refractivity contribution is 0.885. The third-order valence-electron chi connectivity index (χ3n) is 6.10. The van der Waals surface area contributed by atoms with Crippen LogP contribution >= 0.6 is 11.8 Å². The molecular weight excluding hydrogens is 448 g/mol. The molecule has 0 aliphatic carbocycles. The fraction of sp³-hybridized carbons (Fsp3) is 0.0667. The van der Waals surface area contributed by atoms with E-state index in [2.05, 4.69) is 113 Å². The number of nitrogens with zero attached hydrogens (tertiary/aromatic N) is 3. The van der Waals surface area contributed by atoms with Crippen molar-refractivity contribution >= 4 is 22.7 Å². The van der Waals surface area contributed by atoms with Gasteiger partial charge in [0.2, 0.25) is 0 Å². The van der Waals surface area contributed by atoms with Crippen LogP contribution < -0.4 is 0 Å². The molecule has 0 aliphatic rings. The average Bonchev–Trinajstić information content (AvgIpc) is 3.50. The summed E-state index contributed by atoms with van der Waals surface area (Å²) in [5, 5.41) is 11.5. The van der Waals surface area contributed by atoms with Crippen LogP contribution in [-0.2, 0) is 5.75 Å². The quantitative estimate of drug-likeness (QED) is 0.253. The van der Waals surface area contributed by atoms with Gasteiger partial charge in [-0.25, -0.2) is 0 Å². The largest absolute Gasteiger partial charge is 0.351 e. The van der Waals surface area contributed by atoms with E-state index in [1.807, 2.05) is 18.2 Å². The molecule has 0 bridgehead atoms. The van der Waals surface area contributed by atoms with Gasteiger partial charge in [-0.05, 0) is 42.3 Å². The van der Waals surface area contributed by atoms with Gasteiger partial charge < -0.3 is 4.98 Å². The van der Waals surface area contributed by atoms with Crippen LogP contribution in [0.25, 0.3) is 39.2 Å². The molecule has 170 valence electrons. The maximum atomic E-state index is 4.74. The van der Waals surface area contributed by atoms with Crippen molar-refractivity contribution in [3.05, 3.63) is 120 Å². The third-order valence-corrected chi connectivity index (χ3v) is 7.10. The molecule has 0 spiro atoms. The van der Waals surface area contributed by atoms with Crippen LogP contribution in [0.2, 0.25) is 0 Å². The van der Waals surface area contributed by atoms with Crippen LogP contribution in [0.5, 0.6) is 0 Å². The summed E-state index contributed by atoms with van der Waals surface area (Å²) >= 11 is 1.70. The molecule has 0 atom stereocenters. The Morgan fingerprint density at radius 2 is 1.46 bits per heavy atom. The number of aryl methyl sites for hydroxylation is 1. The Morgan fingerprint density at radius 3 is 2.20 bits per heavy atom. The summed E-state index contributed by atoms with van der Waals surface area (Å²) in [5.74, 6) is 1.63. The number of fused-ring (bicyclic) bond motifs is 1. The number of benzene rings is 4. The number of aromatic amines is 1. The second kappa shape index (κ2) is 9.28. The summed E-state index contributed by atoms with van der Waals surface area (Å²) < 4.78 is 2.16. The Bertz CT molecular complexity index is 1590. The molecule has 5 heteroatoms. The Kier molecular flexibility index (Phi) is 5.68. The molecule has 0 fully saturated rings.